The number of fused-ring (bicyclic) bond motifs is 1. The second-order valence-corrected chi connectivity index (χ2v) is 6.75. The summed E-state index contributed by atoms with van der Waals surface area (Å²) in [6.07, 6.45) is 2.19. The molecule has 2 aromatic carbocycles. The predicted octanol–water partition coefficient (Wildman–Crippen LogP) is 5.72. The Balaban J connectivity index is 1.92. The van der Waals surface area contributed by atoms with Crippen LogP contribution in [-0.2, 0) is 0 Å². The van der Waals surface area contributed by atoms with Crippen LogP contribution in [0.1, 0.15) is 26.7 Å². The third kappa shape index (κ3) is 4.25. The maximum Gasteiger partial charge on any atom is 0.412 e. The van der Waals surface area contributed by atoms with E-state index in [0.717, 1.165) is 18.2 Å². The molecule has 0 atom stereocenters. The van der Waals surface area contributed by atoms with Crippen LogP contribution >= 0.6 is 0 Å². The molecule has 1 heterocycles. The minimum absolute atomic E-state index is 0.0687. The predicted molar refractivity (Wildman–Crippen MR) is 116 cm³/mol. The Hall–Kier alpha value is -3.48. The van der Waals surface area contributed by atoms with Crippen LogP contribution in [0.5, 0.6) is 23.0 Å². The van der Waals surface area contributed by atoms with Crippen LogP contribution < -0.4 is 19.1 Å². The van der Waals surface area contributed by atoms with Crippen molar-refractivity contribution in [3.63, 3.8) is 0 Å². The number of hydrogen-bond donors (Lipinski definition) is 1. The number of ether oxygens (including phenoxy) is 3. The largest absolute Gasteiger partial charge is 0.493 e. The van der Waals surface area contributed by atoms with Crippen LogP contribution in [0.15, 0.2) is 48.7 Å². The van der Waals surface area contributed by atoms with Crippen molar-refractivity contribution in [3.05, 3.63) is 48.7 Å². The normalized spacial score (nSPS) is 10.8. The first-order valence-corrected chi connectivity index (χ1v) is 9.83. The van der Waals surface area contributed by atoms with Gasteiger partial charge < -0.3 is 19.3 Å². The molecule has 0 unspecified atom stereocenters. The van der Waals surface area contributed by atoms with Gasteiger partial charge in [0.15, 0.2) is 11.5 Å². The molecule has 0 saturated heterocycles. The fraction of sp³-hybridized carbons (Fsp3) is 0.304. The molecule has 0 spiro atoms. The summed E-state index contributed by atoms with van der Waals surface area (Å²) in [5.41, 5.74) is 1.34. The van der Waals surface area contributed by atoms with Crippen LogP contribution in [0.4, 0.5) is 10.5 Å². The smallest absolute Gasteiger partial charge is 0.412 e. The van der Waals surface area contributed by atoms with E-state index in [1.807, 2.05) is 19.9 Å². The highest BCUT2D eigenvalue weighted by atomic mass is 16.5. The number of rotatable bonds is 8. The minimum atomic E-state index is -0.960. The SMILES string of the molecule is CCC(CC)N(C(=O)O)c1ccc(Oc2ccnc3cc(OC)c(OC)cc23)cc1. The lowest BCUT2D eigenvalue weighted by molar-refractivity contribution is 0.198. The molecule has 1 aromatic heterocycles. The Bertz CT molecular complexity index is 1020. The van der Waals surface area contributed by atoms with Gasteiger partial charge in [-0.3, -0.25) is 9.88 Å². The molecule has 0 aliphatic carbocycles. The van der Waals surface area contributed by atoms with E-state index < -0.39 is 6.09 Å². The Morgan fingerprint density at radius 1 is 1.00 bits per heavy atom. The molecule has 3 aromatic rings. The number of pyridine rings is 1. The second kappa shape index (κ2) is 9.35. The first-order chi connectivity index (χ1) is 14.5. The van der Waals surface area contributed by atoms with Crippen LogP contribution in [-0.4, -0.2) is 36.4 Å². The standard InChI is InChI=1S/C23H26N2O5/c1-5-15(6-2)25(23(26)27)16-7-9-17(10-8-16)30-20-11-12-24-19-14-22(29-4)21(28-3)13-18(19)20/h7-15H,5-6H2,1-4H3,(H,26,27). The highest BCUT2D eigenvalue weighted by Crippen LogP contribution is 2.37. The van der Waals surface area contributed by atoms with Gasteiger partial charge in [-0.1, -0.05) is 13.8 Å². The summed E-state index contributed by atoms with van der Waals surface area (Å²) in [6.45, 7) is 3.97. The average molecular weight is 410 g/mol. The van der Waals surface area contributed by atoms with Gasteiger partial charge in [0.05, 0.1) is 19.7 Å². The summed E-state index contributed by atoms with van der Waals surface area (Å²) < 4.78 is 16.8. The molecule has 30 heavy (non-hydrogen) atoms. The van der Waals surface area contributed by atoms with E-state index in [1.54, 1.807) is 56.8 Å². The van der Waals surface area contributed by atoms with E-state index in [2.05, 4.69) is 4.98 Å². The topological polar surface area (TPSA) is 81.1 Å². The molecule has 1 N–H and O–H groups in total. The van der Waals surface area contributed by atoms with Crippen molar-refractivity contribution >= 4 is 22.7 Å². The highest BCUT2D eigenvalue weighted by molar-refractivity contribution is 5.89. The first kappa shape index (κ1) is 21.2. The molecule has 0 radical (unpaired) electrons. The number of amides is 1. The molecular formula is C23H26N2O5. The Morgan fingerprint density at radius 3 is 2.20 bits per heavy atom. The summed E-state index contributed by atoms with van der Waals surface area (Å²) in [5, 5.41) is 10.4. The molecule has 0 saturated carbocycles. The van der Waals surface area contributed by atoms with Gasteiger partial charge in [0, 0.05) is 29.4 Å². The lowest BCUT2D eigenvalue weighted by atomic mass is 10.1. The summed E-state index contributed by atoms with van der Waals surface area (Å²) in [6, 6.07) is 12.4. The molecule has 0 aliphatic heterocycles. The molecule has 158 valence electrons. The maximum absolute atomic E-state index is 11.8. The highest BCUT2D eigenvalue weighted by Gasteiger charge is 2.22. The first-order valence-electron chi connectivity index (χ1n) is 9.83. The molecule has 7 nitrogen and oxygen atoms in total. The van der Waals surface area contributed by atoms with Crippen LogP contribution in [0.2, 0.25) is 0 Å². The van der Waals surface area contributed by atoms with E-state index in [1.165, 1.54) is 4.90 Å². The molecular weight excluding hydrogens is 384 g/mol. The van der Waals surface area contributed by atoms with E-state index in [-0.39, 0.29) is 6.04 Å². The number of methoxy groups -OCH3 is 2. The summed E-state index contributed by atoms with van der Waals surface area (Å²) in [7, 11) is 3.15. The van der Waals surface area contributed by atoms with Crippen molar-refractivity contribution in [2.75, 3.05) is 19.1 Å². The number of benzene rings is 2. The van der Waals surface area contributed by atoms with Crippen molar-refractivity contribution in [2.24, 2.45) is 0 Å². The van der Waals surface area contributed by atoms with Crippen molar-refractivity contribution < 1.29 is 24.1 Å². The zero-order chi connectivity index (χ0) is 21.7. The number of carbonyl (C=O) groups is 1. The van der Waals surface area contributed by atoms with Gasteiger partial charge in [0.2, 0.25) is 0 Å². The van der Waals surface area contributed by atoms with Gasteiger partial charge in [0.1, 0.15) is 11.5 Å². The molecule has 1 amide bonds. The van der Waals surface area contributed by atoms with E-state index in [4.69, 9.17) is 14.2 Å². The fourth-order valence-electron chi connectivity index (χ4n) is 3.47. The molecule has 3 rings (SSSR count). The van der Waals surface area contributed by atoms with Crippen molar-refractivity contribution in [1.29, 1.82) is 0 Å². The number of nitrogens with zero attached hydrogens (tertiary/aromatic N) is 2. The Kier molecular flexibility index (Phi) is 6.61. The molecule has 0 fully saturated rings. The van der Waals surface area contributed by atoms with Crippen LogP contribution in [0.25, 0.3) is 10.9 Å². The van der Waals surface area contributed by atoms with E-state index in [9.17, 15) is 9.90 Å². The van der Waals surface area contributed by atoms with Crippen LogP contribution in [0.3, 0.4) is 0 Å². The number of carboxylic acid groups (broad SMARTS) is 1. The zero-order valence-electron chi connectivity index (χ0n) is 17.6. The van der Waals surface area contributed by atoms with Crippen molar-refractivity contribution in [1.82, 2.24) is 4.98 Å². The van der Waals surface area contributed by atoms with Crippen molar-refractivity contribution in [3.8, 4) is 23.0 Å². The van der Waals surface area contributed by atoms with Gasteiger partial charge in [-0.25, -0.2) is 4.79 Å². The maximum atomic E-state index is 11.8. The summed E-state index contributed by atoms with van der Waals surface area (Å²) >= 11 is 0. The third-order valence-corrected chi connectivity index (χ3v) is 5.06. The quantitative estimate of drug-likeness (QED) is 0.512. The lowest BCUT2D eigenvalue weighted by Crippen LogP contribution is -2.38. The minimum Gasteiger partial charge on any atom is -0.493 e. The zero-order valence-corrected chi connectivity index (χ0v) is 17.6. The monoisotopic (exact) mass is 410 g/mol. The summed E-state index contributed by atoms with van der Waals surface area (Å²) in [5.74, 6) is 2.38. The molecule has 0 aliphatic rings. The average Bonchev–Trinajstić information content (AvgIpc) is 2.77. The van der Waals surface area contributed by atoms with Gasteiger partial charge in [-0.15, -0.1) is 0 Å². The molecule has 0 bridgehead atoms. The third-order valence-electron chi connectivity index (χ3n) is 5.06. The number of aromatic nitrogens is 1. The van der Waals surface area contributed by atoms with Crippen molar-refractivity contribution in [2.45, 2.75) is 32.7 Å². The van der Waals surface area contributed by atoms with E-state index >= 15 is 0 Å². The molecule has 7 heteroatoms. The van der Waals surface area contributed by atoms with E-state index in [0.29, 0.717) is 34.2 Å². The van der Waals surface area contributed by atoms with Gasteiger partial charge >= 0.3 is 6.09 Å². The lowest BCUT2D eigenvalue weighted by Gasteiger charge is -2.27. The Morgan fingerprint density at radius 2 is 1.63 bits per heavy atom. The number of hydrogen-bond acceptors (Lipinski definition) is 5. The fourth-order valence-corrected chi connectivity index (χ4v) is 3.47. The van der Waals surface area contributed by atoms with Gasteiger partial charge in [-0.2, -0.15) is 0 Å². The number of anilines is 1. The summed E-state index contributed by atoms with van der Waals surface area (Å²) in [4.78, 5) is 17.5. The van der Waals surface area contributed by atoms with Gasteiger partial charge in [0.25, 0.3) is 0 Å². The van der Waals surface area contributed by atoms with Gasteiger partial charge in [-0.05, 0) is 49.2 Å². The van der Waals surface area contributed by atoms with Crippen LogP contribution in [0, 0.1) is 0 Å². The second-order valence-electron chi connectivity index (χ2n) is 6.75. The Labute approximate surface area is 175 Å².